The third-order valence-electron chi connectivity index (χ3n) is 4.95. The highest BCUT2D eigenvalue weighted by Crippen LogP contribution is 2.30. The van der Waals surface area contributed by atoms with Gasteiger partial charge in [0.1, 0.15) is 5.82 Å². The Kier molecular flexibility index (Phi) is 6.20. The Hall–Kier alpha value is -2.90. The van der Waals surface area contributed by atoms with Gasteiger partial charge in [-0.2, -0.15) is 13.2 Å². The Labute approximate surface area is 166 Å². The van der Waals surface area contributed by atoms with Crippen molar-refractivity contribution in [3.05, 3.63) is 59.8 Å². The van der Waals surface area contributed by atoms with E-state index in [-0.39, 0.29) is 11.7 Å². The number of piperidine rings is 1. The van der Waals surface area contributed by atoms with Gasteiger partial charge in [-0.25, -0.2) is 4.98 Å². The fraction of sp³-hybridized carbons (Fsp3) is 0.381. The Bertz CT molecular complexity index is 846. The van der Waals surface area contributed by atoms with Crippen molar-refractivity contribution in [1.82, 2.24) is 4.98 Å². The van der Waals surface area contributed by atoms with Crippen LogP contribution in [0.15, 0.2) is 48.7 Å². The van der Waals surface area contributed by atoms with Crippen LogP contribution in [-0.4, -0.2) is 35.9 Å². The average molecular weight is 406 g/mol. The Morgan fingerprint density at radius 3 is 2.31 bits per heavy atom. The van der Waals surface area contributed by atoms with Gasteiger partial charge in [0.2, 0.25) is 5.78 Å². The van der Waals surface area contributed by atoms with Gasteiger partial charge in [-0.3, -0.25) is 9.59 Å². The molecule has 1 aromatic carbocycles. The first-order valence-corrected chi connectivity index (χ1v) is 9.33. The normalized spacial score (nSPS) is 16.3. The molecule has 1 aliphatic heterocycles. The van der Waals surface area contributed by atoms with E-state index in [9.17, 15) is 22.8 Å². The number of hydrogen-bond donors (Lipinski definition) is 0. The van der Waals surface area contributed by atoms with Crippen LogP contribution in [0.1, 0.15) is 35.7 Å². The average Bonchev–Trinajstić information content (AvgIpc) is 2.73. The van der Waals surface area contributed by atoms with Crippen LogP contribution in [0.25, 0.3) is 0 Å². The lowest BCUT2D eigenvalue weighted by Crippen LogP contribution is -2.38. The number of Topliss-reactive ketones (excluding diaryl/α,β-unsaturated/α-hetero) is 1. The summed E-state index contributed by atoms with van der Waals surface area (Å²) in [6.45, 7) is 2.49. The maximum atomic E-state index is 12.6. The van der Waals surface area contributed by atoms with Gasteiger partial charge < -0.3 is 9.64 Å². The Morgan fingerprint density at radius 2 is 1.76 bits per heavy atom. The zero-order chi connectivity index (χ0) is 21.0. The highest BCUT2D eigenvalue weighted by atomic mass is 19.4. The van der Waals surface area contributed by atoms with Crippen LogP contribution in [0.2, 0.25) is 0 Å². The van der Waals surface area contributed by atoms with Gasteiger partial charge in [0.25, 0.3) is 0 Å². The van der Waals surface area contributed by atoms with Crippen molar-refractivity contribution in [2.45, 2.75) is 32.0 Å². The lowest BCUT2D eigenvalue weighted by Gasteiger charge is -2.32. The molecule has 2 aromatic rings. The highest BCUT2D eigenvalue weighted by molar-refractivity contribution is 6.00. The fourth-order valence-corrected chi connectivity index (χ4v) is 3.25. The number of rotatable bonds is 5. The maximum Gasteiger partial charge on any atom is 0.417 e. The standard InChI is InChI=1S/C21H21F3N2O3/c1-14(19(27)15-5-3-2-4-6-15)29-20(28)16-9-11-26(12-10-16)18-8-7-17(13-25-18)21(22,23)24/h2-8,13-14,16H,9-12H2,1H3. The van der Waals surface area contributed by atoms with Crippen LogP contribution in [0.4, 0.5) is 19.0 Å². The summed E-state index contributed by atoms with van der Waals surface area (Å²) >= 11 is 0. The van der Waals surface area contributed by atoms with E-state index < -0.39 is 23.8 Å². The number of ketones is 1. The number of halogens is 3. The molecule has 0 amide bonds. The predicted molar refractivity (Wildman–Crippen MR) is 101 cm³/mol. The summed E-state index contributed by atoms with van der Waals surface area (Å²) in [5, 5.41) is 0. The Balaban J connectivity index is 1.52. The molecule has 1 saturated heterocycles. The molecule has 0 N–H and O–H groups in total. The van der Waals surface area contributed by atoms with E-state index in [0.717, 1.165) is 12.3 Å². The predicted octanol–water partition coefficient (Wildman–Crippen LogP) is 4.13. The van der Waals surface area contributed by atoms with Crippen molar-refractivity contribution in [3.8, 4) is 0 Å². The van der Waals surface area contributed by atoms with Crippen LogP contribution in [0.3, 0.4) is 0 Å². The van der Waals surface area contributed by atoms with Gasteiger partial charge in [0.15, 0.2) is 6.10 Å². The largest absolute Gasteiger partial charge is 0.454 e. The van der Waals surface area contributed by atoms with Crippen molar-refractivity contribution in [2.75, 3.05) is 18.0 Å². The molecule has 1 aromatic heterocycles. The van der Waals surface area contributed by atoms with Gasteiger partial charge in [-0.05, 0) is 31.9 Å². The lowest BCUT2D eigenvalue weighted by atomic mass is 9.96. The lowest BCUT2D eigenvalue weighted by molar-refractivity contribution is -0.152. The second-order valence-corrected chi connectivity index (χ2v) is 6.97. The molecule has 29 heavy (non-hydrogen) atoms. The molecular formula is C21H21F3N2O3. The molecule has 2 heterocycles. The van der Waals surface area contributed by atoms with E-state index in [1.165, 1.54) is 6.07 Å². The van der Waals surface area contributed by atoms with E-state index in [4.69, 9.17) is 4.74 Å². The molecule has 1 aliphatic rings. The van der Waals surface area contributed by atoms with Crippen LogP contribution >= 0.6 is 0 Å². The Morgan fingerprint density at radius 1 is 1.10 bits per heavy atom. The molecule has 8 heteroatoms. The molecule has 1 fully saturated rings. The first kappa shape index (κ1) is 20.8. The van der Waals surface area contributed by atoms with Crippen LogP contribution in [0, 0.1) is 5.92 Å². The van der Waals surface area contributed by atoms with Crippen LogP contribution in [-0.2, 0) is 15.7 Å². The topological polar surface area (TPSA) is 59.5 Å². The summed E-state index contributed by atoms with van der Waals surface area (Å²) < 4.78 is 43.3. The monoisotopic (exact) mass is 406 g/mol. The minimum absolute atomic E-state index is 0.259. The summed E-state index contributed by atoms with van der Waals surface area (Å²) in [5.74, 6) is -0.601. The highest BCUT2D eigenvalue weighted by Gasteiger charge is 2.32. The van der Waals surface area contributed by atoms with E-state index in [0.29, 0.717) is 37.3 Å². The van der Waals surface area contributed by atoms with E-state index in [2.05, 4.69) is 4.98 Å². The molecule has 154 valence electrons. The minimum atomic E-state index is -4.42. The van der Waals surface area contributed by atoms with Crippen molar-refractivity contribution >= 4 is 17.6 Å². The fourth-order valence-electron chi connectivity index (χ4n) is 3.25. The first-order chi connectivity index (χ1) is 13.8. The molecule has 0 saturated carbocycles. The van der Waals surface area contributed by atoms with Crippen molar-refractivity contribution in [3.63, 3.8) is 0 Å². The first-order valence-electron chi connectivity index (χ1n) is 9.33. The SMILES string of the molecule is CC(OC(=O)C1CCN(c2ccc(C(F)(F)F)cn2)CC1)C(=O)c1ccccc1. The number of aromatic nitrogens is 1. The number of pyridine rings is 1. The van der Waals surface area contributed by atoms with Crippen LogP contribution < -0.4 is 4.90 Å². The van der Waals surface area contributed by atoms with E-state index in [1.807, 2.05) is 4.90 Å². The molecule has 1 atom stereocenters. The maximum absolute atomic E-state index is 12.6. The molecule has 0 spiro atoms. The quantitative estimate of drug-likeness (QED) is 0.552. The van der Waals surface area contributed by atoms with Gasteiger partial charge in [-0.1, -0.05) is 30.3 Å². The van der Waals surface area contributed by atoms with Gasteiger partial charge in [-0.15, -0.1) is 0 Å². The number of carbonyl (C=O) groups excluding carboxylic acids is 2. The van der Waals surface area contributed by atoms with Crippen molar-refractivity contribution < 1.29 is 27.5 Å². The summed E-state index contributed by atoms with van der Waals surface area (Å²) in [7, 11) is 0. The van der Waals surface area contributed by atoms with E-state index >= 15 is 0 Å². The number of ether oxygens (including phenoxy) is 1. The third-order valence-corrected chi connectivity index (χ3v) is 4.95. The van der Waals surface area contributed by atoms with Gasteiger partial charge >= 0.3 is 12.1 Å². The number of alkyl halides is 3. The molecule has 0 bridgehead atoms. The molecule has 0 aliphatic carbocycles. The number of carbonyl (C=O) groups is 2. The van der Waals surface area contributed by atoms with Crippen molar-refractivity contribution in [1.29, 1.82) is 0 Å². The van der Waals surface area contributed by atoms with Crippen molar-refractivity contribution in [2.24, 2.45) is 5.92 Å². The number of benzene rings is 1. The molecule has 5 nitrogen and oxygen atoms in total. The molecule has 3 rings (SSSR count). The smallest absolute Gasteiger partial charge is 0.417 e. The van der Waals surface area contributed by atoms with Crippen LogP contribution in [0.5, 0.6) is 0 Å². The number of hydrogen-bond acceptors (Lipinski definition) is 5. The number of nitrogens with zero attached hydrogens (tertiary/aromatic N) is 2. The zero-order valence-corrected chi connectivity index (χ0v) is 15.9. The summed E-state index contributed by atoms with van der Waals surface area (Å²) in [6.07, 6.45) is -3.52. The summed E-state index contributed by atoms with van der Waals surface area (Å²) in [4.78, 5) is 30.5. The molecule has 0 radical (unpaired) electrons. The number of anilines is 1. The number of esters is 1. The summed E-state index contributed by atoms with van der Waals surface area (Å²) in [5.41, 5.74) is -0.312. The zero-order valence-electron chi connectivity index (χ0n) is 15.9. The van der Waals surface area contributed by atoms with Gasteiger partial charge in [0.05, 0.1) is 11.5 Å². The van der Waals surface area contributed by atoms with Gasteiger partial charge in [0, 0.05) is 24.8 Å². The minimum Gasteiger partial charge on any atom is -0.454 e. The third kappa shape index (κ3) is 5.13. The molecule has 1 unspecified atom stereocenters. The second kappa shape index (κ2) is 8.63. The second-order valence-electron chi connectivity index (χ2n) is 6.97. The molecular weight excluding hydrogens is 385 g/mol. The van der Waals surface area contributed by atoms with E-state index in [1.54, 1.807) is 37.3 Å². The summed E-state index contributed by atoms with van der Waals surface area (Å²) in [6, 6.07) is 11.0.